The Labute approximate surface area is 119 Å². The molecule has 20 heavy (non-hydrogen) atoms. The van der Waals surface area contributed by atoms with Crippen molar-refractivity contribution in [1.29, 1.82) is 0 Å². The molecule has 2 rings (SSSR count). The standard InChI is InChI=1S/C17H18O3/c1-11-8-12(2)16(15(9-11)20-4)17(18)13-6-5-7-14(10-13)19-3/h5-10H,1-4H3. The molecule has 0 N–H and O–H groups in total. The molecule has 104 valence electrons. The number of carbonyl (C=O) groups excluding carboxylic acids is 1. The third kappa shape index (κ3) is 2.67. The van der Waals surface area contributed by atoms with Crippen LogP contribution in [0.1, 0.15) is 27.0 Å². The van der Waals surface area contributed by atoms with Crippen molar-refractivity contribution in [3.05, 3.63) is 58.7 Å². The van der Waals surface area contributed by atoms with Crippen molar-refractivity contribution < 1.29 is 14.3 Å². The van der Waals surface area contributed by atoms with Gasteiger partial charge >= 0.3 is 0 Å². The molecule has 0 amide bonds. The van der Waals surface area contributed by atoms with Crippen molar-refractivity contribution in [3.8, 4) is 11.5 Å². The first-order valence-corrected chi connectivity index (χ1v) is 6.40. The quantitative estimate of drug-likeness (QED) is 0.797. The largest absolute Gasteiger partial charge is 0.497 e. The molecule has 0 atom stereocenters. The van der Waals surface area contributed by atoms with Crippen LogP contribution in [0.5, 0.6) is 11.5 Å². The van der Waals surface area contributed by atoms with Crippen molar-refractivity contribution in [1.82, 2.24) is 0 Å². The molecule has 0 saturated carbocycles. The Morgan fingerprint density at radius 3 is 2.40 bits per heavy atom. The maximum absolute atomic E-state index is 12.7. The van der Waals surface area contributed by atoms with Crippen LogP contribution in [0.4, 0.5) is 0 Å². The summed E-state index contributed by atoms with van der Waals surface area (Å²) in [6.07, 6.45) is 0. The molecule has 0 aliphatic heterocycles. The second-order valence-electron chi connectivity index (χ2n) is 4.72. The zero-order valence-electron chi connectivity index (χ0n) is 12.2. The lowest BCUT2D eigenvalue weighted by molar-refractivity contribution is 0.103. The van der Waals surface area contributed by atoms with Crippen molar-refractivity contribution in [2.75, 3.05) is 14.2 Å². The minimum Gasteiger partial charge on any atom is -0.497 e. The summed E-state index contributed by atoms with van der Waals surface area (Å²) in [6.45, 7) is 3.90. The van der Waals surface area contributed by atoms with Gasteiger partial charge in [-0.3, -0.25) is 4.79 Å². The number of ether oxygens (including phenoxy) is 2. The molecule has 2 aromatic carbocycles. The molecule has 2 aromatic rings. The number of benzene rings is 2. The van der Waals surface area contributed by atoms with Crippen LogP contribution in [0, 0.1) is 13.8 Å². The highest BCUT2D eigenvalue weighted by molar-refractivity contribution is 6.11. The van der Waals surface area contributed by atoms with Gasteiger partial charge in [-0.1, -0.05) is 18.2 Å². The molecule has 0 aromatic heterocycles. The van der Waals surface area contributed by atoms with Gasteiger partial charge in [-0.15, -0.1) is 0 Å². The van der Waals surface area contributed by atoms with E-state index in [1.54, 1.807) is 26.4 Å². The second kappa shape index (κ2) is 5.78. The molecule has 0 spiro atoms. The number of hydrogen-bond donors (Lipinski definition) is 0. The summed E-state index contributed by atoms with van der Waals surface area (Å²) >= 11 is 0. The van der Waals surface area contributed by atoms with Gasteiger partial charge < -0.3 is 9.47 Å². The monoisotopic (exact) mass is 270 g/mol. The number of hydrogen-bond acceptors (Lipinski definition) is 3. The van der Waals surface area contributed by atoms with Gasteiger partial charge in [0, 0.05) is 5.56 Å². The van der Waals surface area contributed by atoms with Crippen molar-refractivity contribution in [2.45, 2.75) is 13.8 Å². The Kier molecular flexibility index (Phi) is 4.08. The van der Waals surface area contributed by atoms with Crippen molar-refractivity contribution in [2.24, 2.45) is 0 Å². The average Bonchev–Trinajstić information content (AvgIpc) is 2.45. The first-order valence-electron chi connectivity index (χ1n) is 6.40. The molecule has 3 heteroatoms. The van der Waals surface area contributed by atoms with Gasteiger partial charge in [-0.25, -0.2) is 0 Å². The summed E-state index contributed by atoms with van der Waals surface area (Å²) in [6, 6.07) is 11.0. The van der Waals surface area contributed by atoms with Gasteiger partial charge in [0.25, 0.3) is 0 Å². The Morgan fingerprint density at radius 2 is 1.75 bits per heavy atom. The molecule has 3 nitrogen and oxygen atoms in total. The van der Waals surface area contributed by atoms with E-state index in [1.807, 2.05) is 38.1 Å². The van der Waals surface area contributed by atoms with Gasteiger partial charge in [0.2, 0.25) is 0 Å². The lowest BCUT2D eigenvalue weighted by atomic mass is 9.96. The smallest absolute Gasteiger partial charge is 0.197 e. The molecule has 0 radical (unpaired) electrons. The molecule has 0 heterocycles. The highest BCUT2D eigenvalue weighted by atomic mass is 16.5. The number of methoxy groups -OCH3 is 2. The first-order chi connectivity index (χ1) is 9.56. The highest BCUT2D eigenvalue weighted by Gasteiger charge is 2.18. The zero-order chi connectivity index (χ0) is 14.7. The molecular weight excluding hydrogens is 252 g/mol. The number of carbonyl (C=O) groups is 1. The number of aryl methyl sites for hydroxylation is 2. The first kappa shape index (κ1) is 14.1. The summed E-state index contributed by atoms with van der Waals surface area (Å²) in [4.78, 5) is 12.7. The molecule has 0 aliphatic rings. The maximum Gasteiger partial charge on any atom is 0.197 e. The fourth-order valence-corrected chi connectivity index (χ4v) is 2.29. The van der Waals surface area contributed by atoms with Crippen LogP contribution in [-0.2, 0) is 0 Å². The molecule has 0 aliphatic carbocycles. The minimum absolute atomic E-state index is 0.0572. The predicted octanol–water partition coefficient (Wildman–Crippen LogP) is 3.55. The fourth-order valence-electron chi connectivity index (χ4n) is 2.29. The Bertz CT molecular complexity index is 645. The Balaban J connectivity index is 2.52. The Hall–Kier alpha value is -2.29. The second-order valence-corrected chi connectivity index (χ2v) is 4.72. The van der Waals surface area contributed by atoms with Gasteiger partial charge in [0.1, 0.15) is 11.5 Å². The summed E-state index contributed by atoms with van der Waals surface area (Å²) in [5.41, 5.74) is 3.18. The molecular formula is C17H18O3. The lowest BCUT2D eigenvalue weighted by Crippen LogP contribution is -2.07. The van der Waals surface area contributed by atoms with Gasteiger partial charge in [-0.05, 0) is 43.2 Å². The number of rotatable bonds is 4. The molecule has 0 bridgehead atoms. The molecule has 0 fully saturated rings. The van der Waals surface area contributed by atoms with Crippen LogP contribution in [0.25, 0.3) is 0 Å². The van der Waals surface area contributed by atoms with E-state index in [2.05, 4.69) is 0 Å². The highest BCUT2D eigenvalue weighted by Crippen LogP contribution is 2.27. The lowest BCUT2D eigenvalue weighted by Gasteiger charge is -2.12. The van der Waals surface area contributed by atoms with E-state index in [-0.39, 0.29) is 5.78 Å². The van der Waals surface area contributed by atoms with Gasteiger partial charge in [0.15, 0.2) is 5.78 Å². The molecule has 0 unspecified atom stereocenters. The molecule has 0 saturated heterocycles. The van der Waals surface area contributed by atoms with E-state index in [4.69, 9.17) is 9.47 Å². The van der Waals surface area contributed by atoms with Crippen LogP contribution >= 0.6 is 0 Å². The summed E-state index contributed by atoms with van der Waals surface area (Å²) < 4.78 is 10.5. The summed E-state index contributed by atoms with van der Waals surface area (Å²) in [5.74, 6) is 1.22. The zero-order valence-corrected chi connectivity index (χ0v) is 12.2. The summed E-state index contributed by atoms with van der Waals surface area (Å²) in [5, 5.41) is 0. The van der Waals surface area contributed by atoms with Crippen molar-refractivity contribution in [3.63, 3.8) is 0 Å². The van der Waals surface area contributed by atoms with Gasteiger partial charge in [0.05, 0.1) is 19.8 Å². The van der Waals surface area contributed by atoms with Crippen LogP contribution in [0.3, 0.4) is 0 Å². The van der Waals surface area contributed by atoms with E-state index < -0.39 is 0 Å². The van der Waals surface area contributed by atoms with Gasteiger partial charge in [-0.2, -0.15) is 0 Å². The van der Waals surface area contributed by atoms with Crippen LogP contribution in [0.15, 0.2) is 36.4 Å². The van der Waals surface area contributed by atoms with Crippen LogP contribution in [0.2, 0.25) is 0 Å². The SMILES string of the molecule is COc1cccc(C(=O)c2c(C)cc(C)cc2OC)c1. The van der Waals surface area contributed by atoms with Crippen molar-refractivity contribution >= 4 is 5.78 Å². The fraction of sp³-hybridized carbons (Fsp3) is 0.235. The van der Waals surface area contributed by atoms with Crippen LogP contribution < -0.4 is 9.47 Å². The topological polar surface area (TPSA) is 35.5 Å². The van der Waals surface area contributed by atoms with E-state index in [0.29, 0.717) is 22.6 Å². The van der Waals surface area contributed by atoms with E-state index in [9.17, 15) is 4.79 Å². The normalized spacial score (nSPS) is 10.2. The maximum atomic E-state index is 12.7. The van der Waals surface area contributed by atoms with E-state index in [1.165, 1.54) is 0 Å². The average molecular weight is 270 g/mol. The Morgan fingerprint density at radius 1 is 1.00 bits per heavy atom. The third-order valence-corrected chi connectivity index (χ3v) is 3.22. The summed E-state index contributed by atoms with van der Waals surface area (Å²) in [7, 11) is 3.16. The van der Waals surface area contributed by atoms with Crippen LogP contribution in [-0.4, -0.2) is 20.0 Å². The van der Waals surface area contributed by atoms with E-state index in [0.717, 1.165) is 11.1 Å². The number of ketones is 1. The third-order valence-electron chi connectivity index (χ3n) is 3.22. The minimum atomic E-state index is -0.0572. The van der Waals surface area contributed by atoms with E-state index >= 15 is 0 Å². The predicted molar refractivity (Wildman–Crippen MR) is 78.9 cm³/mol.